The molecule has 0 aromatic carbocycles. The van der Waals surface area contributed by atoms with Crippen LogP contribution >= 0.6 is 0 Å². The van der Waals surface area contributed by atoms with Crippen LogP contribution in [0.1, 0.15) is 25.5 Å². The van der Waals surface area contributed by atoms with E-state index in [1.807, 2.05) is 18.2 Å². The Morgan fingerprint density at radius 3 is 2.88 bits per heavy atom. The van der Waals surface area contributed by atoms with Gasteiger partial charge in [-0.15, -0.1) is 0 Å². The Balaban J connectivity index is 2.29. The van der Waals surface area contributed by atoms with E-state index in [9.17, 15) is 0 Å². The summed E-state index contributed by atoms with van der Waals surface area (Å²) in [6.45, 7) is 3.83. The Kier molecular flexibility index (Phi) is 5.99. The maximum absolute atomic E-state index is 4.24. The maximum Gasteiger partial charge on any atom is 0.191 e. The SMILES string of the molecule is CCCCNC(=NC)NCc1ccccn1. The molecule has 0 aliphatic carbocycles. The molecule has 4 nitrogen and oxygen atoms in total. The molecule has 1 aromatic heterocycles. The lowest BCUT2D eigenvalue weighted by atomic mass is 10.3. The lowest BCUT2D eigenvalue weighted by Crippen LogP contribution is -2.37. The third-order valence-electron chi connectivity index (χ3n) is 2.21. The Hall–Kier alpha value is -1.58. The highest BCUT2D eigenvalue weighted by molar-refractivity contribution is 5.79. The van der Waals surface area contributed by atoms with Gasteiger partial charge in [0.1, 0.15) is 0 Å². The lowest BCUT2D eigenvalue weighted by molar-refractivity contribution is 0.725. The van der Waals surface area contributed by atoms with E-state index in [1.165, 1.54) is 6.42 Å². The number of hydrogen-bond acceptors (Lipinski definition) is 2. The van der Waals surface area contributed by atoms with Gasteiger partial charge in [-0.1, -0.05) is 19.4 Å². The minimum absolute atomic E-state index is 0.701. The maximum atomic E-state index is 4.24. The van der Waals surface area contributed by atoms with E-state index in [-0.39, 0.29) is 0 Å². The van der Waals surface area contributed by atoms with E-state index in [2.05, 4.69) is 27.5 Å². The molecule has 0 radical (unpaired) electrons. The van der Waals surface area contributed by atoms with Crippen molar-refractivity contribution in [3.63, 3.8) is 0 Å². The third kappa shape index (κ3) is 4.77. The van der Waals surface area contributed by atoms with Gasteiger partial charge in [0.2, 0.25) is 0 Å². The zero-order chi connectivity index (χ0) is 11.6. The van der Waals surface area contributed by atoms with Crippen LogP contribution in [-0.2, 0) is 6.54 Å². The number of unbranched alkanes of at least 4 members (excludes halogenated alkanes) is 1. The van der Waals surface area contributed by atoms with Crippen LogP contribution in [0.2, 0.25) is 0 Å². The molecule has 0 fully saturated rings. The van der Waals surface area contributed by atoms with Gasteiger partial charge in [0.25, 0.3) is 0 Å². The van der Waals surface area contributed by atoms with Crippen molar-refractivity contribution in [2.45, 2.75) is 26.3 Å². The van der Waals surface area contributed by atoms with Crippen LogP contribution in [0.25, 0.3) is 0 Å². The molecule has 0 aliphatic rings. The Morgan fingerprint density at radius 2 is 2.25 bits per heavy atom. The van der Waals surface area contributed by atoms with E-state index in [0.717, 1.165) is 24.6 Å². The molecule has 0 amide bonds. The van der Waals surface area contributed by atoms with Crippen LogP contribution in [-0.4, -0.2) is 24.5 Å². The highest BCUT2D eigenvalue weighted by atomic mass is 15.2. The minimum atomic E-state index is 0.701. The van der Waals surface area contributed by atoms with Gasteiger partial charge >= 0.3 is 0 Å². The fraction of sp³-hybridized carbons (Fsp3) is 0.500. The number of nitrogens with one attached hydrogen (secondary N) is 2. The molecular weight excluding hydrogens is 200 g/mol. The summed E-state index contributed by atoms with van der Waals surface area (Å²) in [5.74, 6) is 0.833. The number of guanidine groups is 1. The van der Waals surface area contributed by atoms with Crippen LogP contribution in [0.5, 0.6) is 0 Å². The van der Waals surface area contributed by atoms with Gasteiger partial charge in [-0.25, -0.2) is 0 Å². The molecule has 16 heavy (non-hydrogen) atoms. The van der Waals surface area contributed by atoms with Crippen LogP contribution in [0.4, 0.5) is 0 Å². The summed E-state index contributed by atoms with van der Waals surface area (Å²) in [7, 11) is 1.78. The number of nitrogens with zero attached hydrogens (tertiary/aromatic N) is 2. The summed E-state index contributed by atoms with van der Waals surface area (Å²) in [6.07, 6.45) is 4.14. The first-order valence-corrected chi connectivity index (χ1v) is 5.71. The van der Waals surface area contributed by atoms with Crippen molar-refractivity contribution < 1.29 is 0 Å². The standard InChI is InChI=1S/C12H20N4/c1-3-4-8-15-12(13-2)16-10-11-7-5-6-9-14-11/h5-7,9H,3-4,8,10H2,1-2H3,(H2,13,15,16). The first-order chi connectivity index (χ1) is 7.86. The second-order valence-electron chi connectivity index (χ2n) is 3.53. The van der Waals surface area contributed by atoms with Gasteiger partial charge in [0.05, 0.1) is 12.2 Å². The van der Waals surface area contributed by atoms with E-state index in [4.69, 9.17) is 0 Å². The van der Waals surface area contributed by atoms with Crippen molar-refractivity contribution in [2.75, 3.05) is 13.6 Å². The summed E-state index contributed by atoms with van der Waals surface area (Å²) in [5, 5.41) is 6.47. The number of pyridine rings is 1. The van der Waals surface area contributed by atoms with E-state index >= 15 is 0 Å². The van der Waals surface area contributed by atoms with Crippen LogP contribution in [0.15, 0.2) is 29.4 Å². The van der Waals surface area contributed by atoms with Gasteiger partial charge in [-0.05, 0) is 18.6 Å². The molecule has 0 spiro atoms. The number of rotatable bonds is 5. The summed E-state index contributed by atoms with van der Waals surface area (Å²) in [5.41, 5.74) is 1.01. The molecular formula is C12H20N4. The molecule has 4 heteroatoms. The summed E-state index contributed by atoms with van der Waals surface area (Å²) < 4.78 is 0. The van der Waals surface area contributed by atoms with E-state index in [0.29, 0.717) is 6.54 Å². The lowest BCUT2D eigenvalue weighted by Gasteiger charge is -2.10. The molecule has 0 atom stereocenters. The fourth-order valence-electron chi connectivity index (χ4n) is 1.28. The smallest absolute Gasteiger partial charge is 0.191 e. The van der Waals surface area contributed by atoms with Gasteiger partial charge in [0, 0.05) is 19.8 Å². The molecule has 0 aliphatic heterocycles. The first-order valence-electron chi connectivity index (χ1n) is 5.71. The minimum Gasteiger partial charge on any atom is -0.356 e. The highest BCUT2D eigenvalue weighted by Crippen LogP contribution is 1.91. The van der Waals surface area contributed by atoms with Crippen molar-refractivity contribution in [3.05, 3.63) is 30.1 Å². The zero-order valence-electron chi connectivity index (χ0n) is 10.0. The van der Waals surface area contributed by atoms with Gasteiger partial charge in [-0.3, -0.25) is 9.98 Å². The average molecular weight is 220 g/mol. The molecule has 0 saturated carbocycles. The zero-order valence-corrected chi connectivity index (χ0v) is 10.0. The average Bonchev–Trinajstić information content (AvgIpc) is 2.35. The largest absolute Gasteiger partial charge is 0.356 e. The summed E-state index contributed by atoms with van der Waals surface area (Å²) in [6, 6.07) is 5.89. The molecule has 1 rings (SSSR count). The molecule has 1 heterocycles. The van der Waals surface area contributed by atoms with E-state index in [1.54, 1.807) is 13.2 Å². The Bertz CT molecular complexity index is 308. The molecule has 0 unspecified atom stereocenters. The van der Waals surface area contributed by atoms with Crippen molar-refractivity contribution in [2.24, 2.45) is 4.99 Å². The monoisotopic (exact) mass is 220 g/mol. The van der Waals surface area contributed by atoms with Crippen molar-refractivity contribution in [1.29, 1.82) is 0 Å². The Morgan fingerprint density at radius 1 is 1.38 bits per heavy atom. The second kappa shape index (κ2) is 7.68. The Labute approximate surface area is 97.2 Å². The number of aliphatic imine (C=N–C) groups is 1. The number of hydrogen-bond donors (Lipinski definition) is 2. The second-order valence-corrected chi connectivity index (χ2v) is 3.53. The third-order valence-corrected chi connectivity index (χ3v) is 2.21. The van der Waals surface area contributed by atoms with Gasteiger partial charge < -0.3 is 10.6 Å². The first kappa shape index (κ1) is 12.5. The molecule has 0 bridgehead atoms. The van der Waals surface area contributed by atoms with Crippen LogP contribution < -0.4 is 10.6 Å². The highest BCUT2D eigenvalue weighted by Gasteiger charge is 1.97. The summed E-state index contributed by atoms with van der Waals surface area (Å²) >= 11 is 0. The summed E-state index contributed by atoms with van der Waals surface area (Å²) in [4.78, 5) is 8.38. The van der Waals surface area contributed by atoms with Gasteiger partial charge in [-0.2, -0.15) is 0 Å². The predicted molar refractivity (Wildman–Crippen MR) is 67.3 cm³/mol. The predicted octanol–water partition coefficient (Wildman–Crippen LogP) is 1.55. The van der Waals surface area contributed by atoms with Crippen molar-refractivity contribution in [1.82, 2.24) is 15.6 Å². The molecule has 88 valence electrons. The van der Waals surface area contributed by atoms with Crippen molar-refractivity contribution >= 4 is 5.96 Å². The quantitative estimate of drug-likeness (QED) is 0.449. The van der Waals surface area contributed by atoms with E-state index < -0.39 is 0 Å². The molecule has 1 aromatic rings. The normalized spacial score (nSPS) is 11.2. The van der Waals surface area contributed by atoms with Crippen LogP contribution in [0.3, 0.4) is 0 Å². The van der Waals surface area contributed by atoms with Crippen LogP contribution in [0, 0.1) is 0 Å². The van der Waals surface area contributed by atoms with Crippen molar-refractivity contribution in [3.8, 4) is 0 Å². The molecule has 0 saturated heterocycles. The van der Waals surface area contributed by atoms with Gasteiger partial charge in [0.15, 0.2) is 5.96 Å². The number of aromatic nitrogens is 1. The topological polar surface area (TPSA) is 49.3 Å². The molecule has 2 N–H and O–H groups in total. The fourth-order valence-corrected chi connectivity index (χ4v) is 1.28.